The Bertz CT molecular complexity index is 1330. The fourth-order valence-corrected chi connectivity index (χ4v) is 7.26. The number of esters is 2. The molecule has 4 nitrogen and oxygen atoms in total. The van der Waals surface area contributed by atoms with Crippen molar-refractivity contribution in [3.63, 3.8) is 0 Å². The van der Waals surface area contributed by atoms with E-state index < -0.39 is 10.8 Å². The Morgan fingerprint density at radius 1 is 0.673 bits per heavy atom. The van der Waals surface area contributed by atoms with Crippen molar-refractivity contribution in [3.8, 4) is 0 Å². The van der Waals surface area contributed by atoms with Gasteiger partial charge in [-0.05, 0) is 101 Å². The molecular weight excluding hydrogens is 604 g/mol. The summed E-state index contributed by atoms with van der Waals surface area (Å²) in [5, 5.41) is 0. The van der Waals surface area contributed by atoms with E-state index in [4.69, 9.17) is 9.47 Å². The van der Waals surface area contributed by atoms with Crippen LogP contribution >= 0.6 is 0 Å². The molecular formula is C45H64O4. The summed E-state index contributed by atoms with van der Waals surface area (Å²) >= 11 is 0. The lowest BCUT2D eigenvalue weighted by atomic mass is 9.64. The Morgan fingerprint density at radius 3 is 1.76 bits per heavy atom. The second-order valence-electron chi connectivity index (χ2n) is 15.3. The molecule has 49 heavy (non-hydrogen) atoms. The quantitative estimate of drug-likeness (QED) is 0.0790. The molecule has 4 heteroatoms. The first-order chi connectivity index (χ1) is 23.5. The standard InChI is InChI=1S/C45H64O4/c1-8-10-11-21-34-49-42(47)44(6,31-30-43(4,5)41(46)48-7)32-33-45(39-24-17-13-18-25-39,40-26-19-14-20-27-40)29-28-38(35-36(3)9-2)37-22-15-12-16-23-37/h12-20,22-27,36,38H,8-11,21,28-35H2,1-7H3. The second kappa shape index (κ2) is 19.7. The first-order valence-electron chi connectivity index (χ1n) is 18.9. The number of carbonyl (C=O) groups excluding carboxylic acids is 2. The van der Waals surface area contributed by atoms with Gasteiger partial charge in [0.05, 0.1) is 24.5 Å². The maximum absolute atomic E-state index is 14.1. The molecule has 3 aromatic carbocycles. The van der Waals surface area contributed by atoms with Crippen molar-refractivity contribution in [2.24, 2.45) is 16.7 Å². The molecule has 268 valence electrons. The largest absolute Gasteiger partial charge is 0.469 e. The van der Waals surface area contributed by atoms with E-state index in [1.807, 2.05) is 13.8 Å². The molecule has 3 unspecified atom stereocenters. The first kappa shape index (κ1) is 40.0. The summed E-state index contributed by atoms with van der Waals surface area (Å²) in [5.41, 5.74) is 2.18. The van der Waals surface area contributed by atoms with Crippen LogP contribution in [0.25, 0.3) is 0 Å². The van der Waals surface area contributed by atoms with Crippen molar-refractivity contribution in [1.29, 1.82) is 0 Å². The number of carbonyl (C=O) groups is 2. The minimum absolute atomic E-state index is 0.154. The SMILES string of the molecule is CCCCCCOC(=O)C(C)(CCC(C)(C)C(=O)OC)CCC(CCC(CC(C)CC)c1ccccc1)(c1ccccc1)c1ccccc1. The summed E-state index contributed by atoms with van der Waals surface area (Å²) < 4.78 is 11.2. The first-order valence-corrected chi connectivity index (χ1v) is 18.9. The molecule has 0 bridgehead atoms. The molecule has 0 aliphatic rings. The van der Waals surface area contributed by atoms with E-state index in [1.165, 1.54) is 23.8 Å². The maximum Gasteiger partial charge on any atom is 0.311 e. The van der Waals surface area contributed by atoms with Crippen molar-refractivity contribution < 1.29 is 19.1 Å². The molecule has 0 radical (unpaired) electrons. The van der Waals surface area contributed by atoms with Gasteiger partial charge in [-0.1, -0.05) is 137 Å². The van der Waals surface area contributed by atoms with Crippen molar-refractivity contribution in [3.05, 3.63) is 108 Å². The van der Waals surface area contributed by atoms with Crippen molar-refractivity contribution in [2.75, 3.05) is 13.7 Å². The van der Waals surface area contributed by atoms with Crippen molar-refractivity contribution in [2.45, 2.75) is 130 Å². The van der Waals surface area contributed by atoms with E-state index in [0.29, 0.717) is 37.7 Å². The number of unbranched alkanes of at least 4 members (excludes halogenated alkanes) is 3. The predicted octanol–water partition coefficient (Wildman–Crippen LogP) is 11.9. The minimum Gasteiger partial charge on any atom is -0.469 e. The zero-order valence-electron chi connectivity index (χ0n) is 31.6. The van der Waals surface area contributed by atoms with Crippen LogP contribution < -0.4 is 0 Å². The molecule has 3 rings (SSSR count). The normalized spacial score (nSPS) is 14.4. The fourth-order valence-electron chi connectivity index (χ4n) is 7.26. The summed E-state index contributed by atoms with van der Waals surface area (Å²) in [4.78, 5) is 26.8. The van der Waals surface area contributed by atoms with Gasteiger partial charge in [0.25, 0.3) is 0 Å². The van der Waals surface area contributed by atoms with Crippen LogP contribution in [0.4, 0.5) is 0 Å². The van der Waals surface area contributed by atoms with E-state index >= 15 is 0 Å². The van der Waals surface area contributed by atoms with E-state index in [2.05, 4.69) is 119 Å². The topological polar surface area (TPSA) is 52.6 Å². The Balaban J connectivity index is 2.05. The van der Waals surface area contributed by atoms with Gasteiger partial charge in [-0.2, -0.15) is 0 Å². The van der Waals surface area contributed by atoms with Gasteiger partial charge in [0.15, 0.2) is 0 Å². The third-order valence-electron chi connectivity index (χ3n) is 11.1. The number of hydrogen-bond acceptors (Lipinski definition) is 4. The van der Waals surface area contributed by atoms with E-state index in [-0.39, 0.29) is 17.4 Å². The smallest absolute Gasteiger partial charge is 0.311 e. The average molecular weight is 669 g/mol. The molecule has 0 N–H and O–H groups in total. The molecule has 3 atom stereocenters. The van der Waals surface area contributed by atoms with Crippen LogP contribution in [-0.2, 0) is 24.5 Å². The van der Waals surface area contributed by atoms with Crippen LogP contribution in [0.5, 0.6) is 0 Å². The second-order valence-corrected chi connectivity index (χ2v) is 15.3. The Labute approximate surface area is 298 Å². The molecule has 0 aliphatic heterocycles. The highest BCUT2D eigenvalue weighted by Gasteiger charge is 2.43. The van der Waals surface area contributed by atoms with Crippen LogP contribution in [0.2, 0.25) is 0 Å². The van der Waals surface area contributed by atoms with Gasteiger partial charge in [0, 0.05) is 5.41 Å². The molecule has 3 aromatic rings. The lowest BCUT2D eigenvalue weighted by Gasteiger charge is -2.40. The van der Waals surface area contributed by atoms with E-state index in [9.17, 15) is 9.59 Å². The van der Waals surface area contributed by atoms with Crippen LogP contribution in [0.1, 0.15) is 141 Å². The lowest BCUT2D eigenvalue weighted by Crippen LogP contribution is -2.37. The highest BCUT2D eigenvalue weighted by Crippen LogP contribution is 2.47. The molecule has 0 heterocycles. The zero-order chi connectivity index (χ0) is 35.8. The third-order valence-corrected chi connectivity index (χ3v) is 11.1. The summed E-state index contributed by atoms with van der Waals surface area (Å²) in [5.74, 6) is 0.655. The van der Waals surface area contributed by atoms with Gasteiger partial charge in [-0.25, -0.2) is 0 Å². The monoisotopic (exact) mass is 668 g/mol. The molecule has 0 saturated carbocycles. The van der Waals surface area contributed by atoms with Gasteiger partial charge in [0.2, 0.25) is 0 Å². The average Bonchev–Trinajstić information content (AvgIpc) is 3.14. The maximum atomic E-state index is 14.1. The highest BCUT2D eigenvalue weighted by molar-refractivity contribution is 5.77. The summed E-state index contributed by atoms with van der Waals surface area (Å²) in [6, 6.07) is 32.8. The highest BCUT2D eigenvalue weighted by atomic mass is 16.5. The summed E-state index contributed by atoms with van der Waals surface area (Å²) in [6.07, 6.45) is 11.0. The number of benzene rings is 3. The van der Waals surface area contributed by atoms with Crippen LogP contribution in [0.3, 0.4) is 0 Å². The number of rotatable bonds is 22. The van der Waals surface area contributed by atoms with Gasteiger partial charge < -0.3 is 9.47 Å². The molecule has 0 saturated heterocycles. The van der Waals surface area contributed by atoms with Crippen LogP contribution in [0, 0.1) is 16.7 Å². The van der Waals surface area contributed by atoms with E-state index in [0.717, 1.165) is 57.8 Å². The van der Waals surface area contributed by atoms with Gasteiger partial charge in [-0.15, -0.1) is 0 Å². The third kappa shape index (κ3) is 11.6. The molecule has 0 aliphatic carbocycles. The molecule has 0 aromatic heterocycles. The van der Waals surface area contributed by atoms with Crippen molar-refractivity contribution >= 4 is 11.9 Å². The molecule has 0 fully saturated rings. The number of methoxy groups -OCH3 is 1. The zero-order valence-corrected chi connectivity index (χ0v) is 31.6. The Hall–Kier alpha value is -3.40. The van der Waals surface area contributed by atoms with E-state index in [1.54, 1.807) is 0 Å². The van der Waals surface area contributed by atoms with Gasteiger partial charge in [-0.3, -0.25) is 9.59 Å². The van der Waals surface area contributed by atoms with Gasteiger partial charge in [0.1, 0.15) is 0 Å². The molecule has 0 spiro atoms. The Kier molecular flexibility index (Phi) is 16.1. The Morgan fingerprint density at radius 2 is 1.22 bits per heavy atom. The van der Waals surface area contributed by atoms with Crippen LogP contribution in [-0.4, -0.2) is 25.7 Å². The number of hydrogen-bond donors (Lipinski definition) is 0. The van der Waals surface area contributed by atoms with Crippen molar-refractivity contribution in [1.82, 2.24) is 0 Å². The lowest BCUT2D eigenvalue weighted by molar-refractivity contribution is -0.159. The molecule has 0 amide bonds. The minimum atomic E-state index is -0.763. The van der Waals surface area contributed by atoms with Crippen LogP contribution in [0.15, 0.2) is 91.0 Å². The summed E-state index contributed by atoms with van der Waals surface area (Å²) in [6.45, 7) is 13.2. The predicted molar refractivity (Wildman–Crippen MR) is 204 cm³/mol. The number of ether oxygens (including phenoxy) is 2. The summed E-state index contributed by atoms with van der Waals surface area (Å²) in [7, 11) is 1.44. The van der Waals surface area contributed by atoms with Gasteiger partial charge >= 0.3 is 11.9 Å². The fraction of sp³-hybridized carbons (Fsp3) is 0.556.